The predicted octanol–water partition coefficient (Wildman–Crippen LogP) is 6.67. The molecule has 2 aliphatic rings. The molecular formula is C37H35FN6O2. The van der Waals surface area contributed by atoms with Crippen LogP contribution in [0.1, 0.15) is 54.7 Å². The summed E-state index contributed by atoms with van der Waals surface area (Å²) in [7, 11) is 0. The average Bonchev–Trinajstić information content (AvgIpc) is 3.84. The lowest BCUT2D eigenvalue weighted by Gasteiger charge is -2.26. The summed E-state index contributed by atoms with van der Waals surface area (Å²) in [5.41, 5.74) is 12.4. The Morgan fingerprint density at radius 2 is 1.78 bits per heavy atom. The maximum Gasteiger partial charge on any atom is 0.265 e. The van der Waals surface area contributed by atoms with Crippen LogP contribution >= 0.6 is 0 Å². The molecule has 4 heterocycles. The van der Waals surface area contributed by atoms with Gasteiger partial charge in [-0.25, -0.2) is 9.37 Å². The lowest BCUT2D eigenvalue weighted by atomic mass is 9.99. The second-order valence-electron chi connectivity index (χ2n) is 12.6. The zero-order valence-corrected chi connectivity index (χ0v) is 25.5. The van der Waals surface area contributed by atoms with Crippen LogP contribution in [0.15, 0.2) is 77.7 Å². The third-order valence-corrected chi connectivity index (χ3v) is 9.48. The smallest absolute Gasteiger partial charge is 0.265 e. The fraction of sp³-hybridized carbons (Fsp3) is 0.270. The molecule has 3 aromatic heterocycles. The Morgan fingerprint density at radius 3 is 2.54 bits per heavy atom. The first-order valence-electron chi connectivity index (χ1n) is 16.0. The minimum Gasteiger partial charge on any atom is -0.392 e. The topological polar surface area (TPSA) is 113 Å². The largest absolute Gasteiger partial charge is 0.392 e. The molecule has 0 radical (unpaired) electrons. The molecule has 3 aromatic carbocycles. The van der Waals surface area contributed by atoms with E-state index in [0.29, 0.717) is 39.5 Å². The number of aromatic amines is 1. The van der Waals surface area contributed by atoms with E-state index in [-0.39, 0.29) is 17.9 Å². The number of hydrogen-bond donors (Lipinski definition) is 3. The van der Waals surface area contributed by atoms with Gasteiger partial charge in [0.15, 0.2) is 0 Å². The fourth-order valence-electron chi connectivity index (χ4n) is 6.93. The maximum absolute atomic E-state index is 15.3. The minimum absolute atomic E-state index is 0.0343. The Balaban J connectivity index is 1.19. The molecule has 1 aliphatic heterocycles. The average molecular weight is 615 g/mol. The molecule has 0 spiro atoms. The molecule has 2 fully saturated rings. The molecular weight excluding hydrogens is 579 g/mol. The molecule has 1 saturated heterocycles. The Labute approximate surface area is 265 Å². The van der Waals surface area contributed by atoms with Crippen LogP contribution in [0.4, 0.5) is 10.3 Å². The minimum atomic E-state index is -0.523. The van der Waals surface area contributed by atoms with E-state index in [0.717, 1.165) is 54.7 Å². The van der Waals surface area contributed by atoms with Gasteiger partial charge in [-0.15, -0.1) is 0 Å². The fourth-order valence-corrected chi connectivity index (χ4v) is 6.93. The molecule has 232 valence electrons. The van der Waals surface area contributed by atoms with Crippen LogP contribution in [0, 0.1) is 5.82 Å². The van der Waals surface area contributed by atoms with Crippen molar-refractivity contribution in [3.63, 3.8) is 0 Å². The van der Waals surface area contributed by atoms with E-state index in [1.165, 1.54) is 35.5 Å². The number of likely N-dealkylation sites (tertiary alicyclic amines) is 1. The van der Waals surface area contributed by atoms with Gasteiger partial charge in [0.2, 0.25) is 5.95 Å². The van der Waals surface area contributed by atoms with Gasteiger partial charge in [-0.1, -0.05) is 48.9 Å². The predicted molar refractivity (Wildman–Crippen MR) is 179 cm³/mol. The number of benzene rings is 3. The summed E-state index contributed by atoms with van der Waals surface area (Å²) in [4.78, 5) is 28.7. The third kappa shape index (κ3) is 5.15. The SMILES string of the molecule is Nc1nc(-c2cccc(-n3ccc4cc(C5CC5)cc(F)c4c3=O)c2CO)c2cc(-c3ccc(CN4CCCCC4)cc3)[nH]c2n1. The molecule has 0 amide bonds. The molecule has 0 atom stereocenters. The van der Waals surface area contributed by atoms with Crippen LogP contribution in [0.25, 0.3) is 50.0 Å². The van der Waals surface area contributed by atoms with Gasteiger partial charge in [0.1, 0.15) is 11.5 Å². The van der Waals surface area contributed by atoms with Crippen molar-refractivity contribution in [1.82, 2.24) is 24.4 Å². The van der Waals surface area contributed by atoms with Gasteiger partial charge in [-0.2, -0.15) is 4.98 Å². The number of piperidine rings is 1. The molecule has 0 bridgehead atoms. The Morgan fingerprint density at radius 1 is 0.978 bits per heavy atom. The van der Waals surface area contributed by atoms with Crippen LogP contribution in [0.2, 0.25) is 0 Å². The molecule has 8 nitrogen and oxygen atoms in total. The van der Waals surface area contributed by atoms with E-state index in [2.05, 4.69) is 44.1 Å². The Kier molecular flexibility index (Phi) is 7.15. The van der Waals surface area contributed by atoms with Crippen molar-refractivity contribution in [2.75, 3.05) is 18.8 Å². The molecule has 0 unspecified atom stereocenters. The van der Waals surface area contributed by atoms with E-state index in [1.54, 1.807) is 24.4 Å². The van der Waals surface area contributed by atoms with E-state index in [1.807, 2.05) is 18.2 Å². The molecule has 4 N–H and O–H groups in total. The summed E-state index contributed by atoms with van der Waals surface area (Å²) in [6.45, 7) is 2.88. The highest BCUT2D eigenvalue weighted by atomic mass is 19.1. The lowest BCUT2D eigenvalue weighted by Crippen LogP contribution is -2.28. The summed E-state index contributed by atoms with van der Waals surface area (Å²) >= 11 is 0. The van der Waals surface area contributed by atoms with Gasteiger partial charge in [0, 0.05) is 34.9 Å². The van der Waals surface area contributed by atoms with E-state index in [9.17, 15) is 9.90 Å². The number of nitrogen functional groups attached to an aromatic ring is 1. The number of aliphatic hydroxyl groups excluding tert-OH is 1. The molecule has 9 heteroatoms. The molecule has 8 rings (SSSR count). The van der Waals surface area contributed by atoms with Gasteiger partial charge in [-0.3, -0.25) is 14.3 Å². The number of halogens is 1. The number of H-pyrrole nitrogens is 1. The maximum atomic E-state index is 15.3. The molecule has 6 aromatic rings. The molecule has 1 saturated carbocycles. The normalized spacial score (nSPS) is 15.6. The molecule has 1 aliphatic carbocycles. The zero-order chi connectivity index (χ0) is 31.4. The zero-order valence-electron chi connectivity index (χ0n) is 25.5. The highest BCUT2D eigenvalue weighted by Gasteiger charge is 2.26. The van der Waals surface area contributed by atoms with Gasteiger partial charge in [0.25, 0.3) is 5.56 Å². The van der Waals surface area contributed by atoms with E-state index in [4.69, 9.17) is 5.73 Å². The summed E-state index contributed by atoms with van der Waals surface area (Å²) in [5, 5.41) is 12.0. The van der Waals surface area contributed by atoms with Crippen LogP contribution in [0.5, 0.6) is 0 Å². The Hall–Kier alpha value is -4.86. The number of hydrogen-bond acceptors (Lipinski definition) is 6. The van der Waals surface area contributed by atoms with Gasteiger partial charge >= 0.3 is 0 Å². The second-order valence-corrected chi connectivity index (χ2v) is 12.6. The Bertz CT molecular complexity index is 2160. The summed E-state index contributed by atoms with van der Waals surface area (Å²) < 4.78 is 16.7. The number of nitrogens with one attached hydrogen (secondary N) is 1. The van der Waals surface area contributed by atoms with Crippen LogP contribution in [-0.4, -0.2) is 42.6 Å². The van der Waals surface area contributed by atoms with Crippen LogP contribution in [-0.2, 0) is 13.2 Å². The summed E-state index contributed by atoms with van der Waals surface area (Å²) in [5.74, 6) is -0.0718. The number of aromatic nitrogens is 4. The lowest BCUT2D eigenvalue weighted by molar-refractivity contribution is 0.221. The van der Waals surface area contributed by atoms with Crippen molar-refractivity contribution >= 4 is 27.8 Å². The summed E-state index contributed by atoms with van der Waals surface area (Å²) in [6.07, 6.45) is 7.58. The first-order chi connectivity index (χ1) is 22.5. The standard InChI is InChI=1S/C37H35FN6O2/c38-30-18-26(23-11-12-23)17-25-13-16-44(36(46)33(25)30)32-6-4-5-27(29(32)21-45)34-28-19-31(40-35(28)42-37(39)41-34)24-9-7-22(8-10-24)20-43-14-2-1-3-15-43/h4-10,13,16-19,23,45H,1-3,11-12,14-15,20-21H2,(H3,39,40,41,42). The van der Waals surface area contributed by atoms with Crippen molar-refractivity contribution in [2.45, 2.75) is 51.2 Å². The third-order valence-electron chi connectivity index (χ3n) is 9.48. The van der Waals surface area contributed by atoms with Crippen molar-refractivity contribution in [3.8, 4) is 28.2 Å². The monoisotopic (exact) mass is 614 g/mol. The first kappa shape index (κ1) is 28.6. The van der Waals surface area contributed by atoms with Crippen molar-refractivity contribution in [3.05, 3.63) is 106 Å². The number of nitrogens with zero attached hydrogens (tertiary/aromatic N) is 4. The van der Waals surface area contributed by atoms with Crippen molar-refractivity contribution < 1.29 is 9.50 Å². The first-order valence-corrected chi connectivity index (χ1v) is 16.0. The summed E-state index contributed by atoms with van der Waals surface area (Å²) in [6, 6.07) is 21.1. The number of nitrogens with two attached hydrogens (primary N) is 1. The van der Waals surface area contributed by atoms with Gasteiger partial charge in [0.05, 0.1) is 23.4 Å². The van der Waals surface area contributed by atoms with Crippen LogP contribution in [0.3, 0.4) is 0 Å². The highest BCUT2D eigenvalue weighted by molar-refractivity contribution is 5.96. The van der Waals surface area contributed by atoms with E-state index < -0.39 is 11.4 Å². The molecule has 46 heavy (non-hydrogen) atoms. The number of aliphatic hydroxyl groups is 1. The van der Waals surface area contributed by atoms with Gasteiger partial charge < -0.3 is 15.8 Å². The van der Waals surface area contributed by atoms with Gasteiger partial charge in [-0.05, 0) is 91.0 Å². The van der Waals surface area contributed by atoms with Crippen molar-refractivity contribution in [2.24, 2.45) is 0 Å². The highest BCUT2D eigenvalue weighted by Crippen LogP contribution is 2.41. The second kappa shape index (κ2) is 11.5. The number of pyridine rings is 1. The number of fused-ring (bicyclic) bond motifs is 2. The number of rotatable bonds is 7. The van der Waals surface area contributed by atoms with Crippen molar-refractivity contribution in [1.29, 1.82) is 0 Å². The quantitative estimate of drug-likeness (QED) is 0.185. The van der Waals surface area contributed by atoms with E-state index >= 15 is 4.39 Å². The number of anilines is 1. The van der Waals surface area contributed by atoms with Crippen LogP contribution < -0.4 is 11.3 Å².